The Bertz CT molecular complexity index is 620. The van der Waals surface area contributed by atoms with Crippen LogP contribution < -0.4 is 15.2 Å². The van der Waals surface area contributed by atoms with E-state index in [9.17, 15) is 9.90 Å². The number of amides is 1. The van der Waals surface area contributed by atoms with Gasteiger partial charge in [0.25, 0.3) is 5.91 Å². The summed E-state index contributed by atoms with van der Waals surface area (Å²) in [6, 6.07) is 13.4. The SMILES string of the molecule is COc1cccc(OC)c1C(O)(C(N)=O)c1ccccc1. The van der Waals surface area contributed by atoms with Gasteiger partial charge in [-0.2, -0.15) is 0 Å². The van der Waals surface area contributed by atoms with Crippen molar-refractivity contribution in [1.82, 2.24) is 0 Å². The minimum Gasteiger partial charge on any atom is -0.496 e. The van der Waals surface area contributed by atoms with Gasteiger partial charge in [-0.1, -0.05) is 36.4 Å². The first kappa shape index (κ1) is 14.9. The van der Waals surface area contributed by atoms with Crippen molar-refractivity contribution < 1.29 is 19.4 Å². The van der Waals surface area contributed by atoms with E-state index in [0.29, 0.717) is 17.1 Å². The number of methoxy groups -OCH3 is 2. The van der Waals surface area contributed by atoms with Crippen LogP contribution in [0.2, 0.25) is 0 Å². The summed E-state index contributed by atoms with van der Waals surface area (Å²) in [5.74, 6) is -0.268. The van der Waals surface area contributed by atoms with Crippen LogP contribution in [0, 0.1) is 0 Å². The van der Waals surface area contributed by atoms with Crippen molar-refractivity contribution >= 4 is 5.91 Å². The summed E-state index contributed by atoms with van der Waals surface area (Å²) in [6.07, 6.45) is 0. The number of benzene rings is 2. The highest BCUT2D eigenvalue weighted by molar-refractivity contribution is 5.90. The Morgan fingerprint density at radius 2 is 1.52 bits per heavy atom. The largest absolute Gasteiger partial charge is 0.496 e. The molecule has 0 saturated carbocycles. The van der Waals surface area contributed by atoms with Crippen LogP contribution in [0.25, 0.3) is 0 Å². The zero-order chi connectivity index (χ0) is 15.5. The van der Waals surface area contributed by atoms with E-state index in [0.717, 1.165) is 0 Å². The van der Waals surface area contributed by atoms with Gasteiger partial charge in [-0.25, -0.2) is 0 Å². The first-order chi connectivity index (χ1) is 10.1. The molecule has 2 aromatic rings. The highest BCUT2D eigenvalue weighted by atomic mass is 16.5. The summed E-state index contributed by atoms with van der Waals surface area (Å²) in [5, 5.41) is 11.0. The number of carbonyl (C=O) groups is 1. The summed E-state index contributed by atoms with van der Waals surface area (Å²) in [4.78, 5) is 12.0. The number of ether oxygens (including phenoxy) is 2. The minimum absolute atomic E-state index is 0.189. The lowest BCUT2D eigenvalue weighted by atomic mass is 9.84. The molecule has 21 heavy (non-hydrogen) atoms. The van der Waals surface area contributed by atoms with Gasteiger partial charge in [0.1, 0.15) is 11.5 Å². The molecule has 0 aliphatic rings. The van der Waals surface area contributed by atoms with Crippen LogP contribution in [0.15, 0.2) is 48.5 Å². The molecule has 2 aromatic carbocycles. The average molecular weight is 287 g/mol. The van der Waals surface area contributed by atoms with Crippen LogP contribution in [0.3, 0.4) is 0 Å². The number of nitrogens with two attached hydrogens (primary N) is 1. The lowest BCUT2D eigenvalue weighted by Gasteiger charge is -2.28. The van der Waals surface area contributed by atoms with E-state index in [1.54, 1.807) is 48.5 Å². The Labute approximate surface area is 122 Å². The molecule has 0 bridgehead atoms. The van der Waals surface area contributed by atoms with Crippen LogP contribution >= 0.6 is 0 Å². The maximum atomic E-state index is 12.0. The third-order valence-corrected chi connectivity index (χ3v) is 3.34. The van der Waals surface area contributed by atoms with Crippen molar-refractivity contribution in [2.24, 2.45) is 5.73 Å². The summed E-state index contributed by atoms with van der Waals surface area (Å²) >= 11 is 0. The standard InChI is InChI=1S/C16H17NO4/c1-20-12-9-6-10-13(21-2)14(12)16(19,15(17)18)11-7-4-3-5-8-11/h3-10,19H,1-2H3,(H2,17,18). The molecule has 0 aliphatic heterocycles. The van der Waals surface area contributed by atoms with Crippen molar-refractivity contribution in [1.29, 1.82) is 0 Å². The second-order valence-electron chi connectivity index (χ2n) is 4.48. The van der Waals surface area contributed by atoms with Gasteiger partial charge < -0.3 is 20.3 Å². The van der Waals surface area contributed by atoms with Crippen molar-refractivity contribution in [3.05, 3.63) is 59.7 Å². The minimum atomic E-state index is -2.04. The quantitative estimate of drug-likeness (QED) is 0.871. The van der Waals surface area contributed by atoms with Crippen LogP contribution in [0.5, 0.6) is 11.5 Å². The molecule has 5 heteroatoms. The molecule has 1 unspecified atom stereocenters. The normalized spacial score (nSPS) is 13.3. The Balaban J connectivity index is 2.78. The second kappa shape index (κ2) is 5.85. The molecular formula is C16H17NO4. The maximum Gasteiger partial charge on any atom is 0.259 e. The van der Waals surface area contributed by atoms with Gasteiger partial charge in [-0.15, -0.1) is 0 Å². The zero-order valence-corrected chi connectivity index (χ0v) is 11.9. The summed E-state index contributed by atoms with van der Waals surface area (Å²) in [7, 11) is 2.90. The van der Waals surface area contributed by atoms with Crippen molar-refractivity contribution in [3.8, 4) is 11.5 Å². The van der Waals surface area contributed by atoms with Crippen molar-refractivity contribution in [3.63, 3.8) is 0 Å². The first-order valence-electron chi connectivity index (χ1n) is 6.35. The highest BCUT2D eigenvalue weighted by Gasteiger charge is 2.43. The van der Waals surface area contributed by atoms with Crippen molar-refractivity contribution in [2.45, 2.75) is 5.60 Å². The predicted molar refractivity (Wildman–Crippen MR) is 78.2 cm³/mol. The lowest BCUT2D eigenvalue weighted by molar-refractivity contribution is -0.133. The maximum absolute atomic E-state index is 12.0. The smallest absolute Gasteiger partial charge is 0.259 e. The van der Waals surface area contributed by atoms with E-state index in [2.05, 4.69) is 0 Å². The van der Waals surface area contributed by atoms with Crippen molar-refractivity contribution in [2.75, 3.05) is 14.2 Å². The fourth-order valence-electron chi connectivity index (χ4n) is 2.30. The fraction of sp³-hybridized carbons (Fsp3) is 0.188. The van der Waals surface area contributed by atoms with Crippen LogP contribution in [-0.2, 0) is 10.4 Å². The molecule has 110 valence electrons. The lowest BCUT2D eigenvalue weighted by Crippen LogP contribution is -2.42. The zero-order valence-electron chi connectivity index (χ0n) is 11.9. The number of carbonyl (C=O) groups excluding carboxylic acids is 1. The average Bonchev–Trinajstić information content (AvgIpc) is 2.53. The molecule has 1 amide bonds. The molecule has 0 heterocycles. The number of rotatable bonds is 5. The predicted octanol–water partition coefficient (Wildman–Crippen LogP) is 1.42. The van der Waals surface area contributed by atoms with Gasteiger partial charge >= 0.3 is 0 Å². The number of hydrogen-bond donors (Lipinski definition) is 2. The molecule has 0 radical (unpaired) electrons. The monoisotopic (exact) mass is 287 g/mol. The molecule has 0 spiro atoms. The molecule has 1 atom stereocenters. The summed E-state index contributed by atoms with van der Waals surface area (Å²) in [6.45, 7) is 0. The van der Waals surface area contributed by atoms with Gasteiger partial charge in [-0.05, 0) is 17.7 Å². The number of hydrogen-bond acceptors (Lipinski definition) is 4. The Morgan fingerprint density at radius 1 is 1.00 bits per heavy atom. The third kappa shape index (κ3) is 2.43. The van der Waals surface area contributed by atoms with E-state index in [-0.39, 0.29) is 5.56 Å². The van der Waals surface area contributed by atoms with E-state index >= 15 is 0 Å². The topological polar surface area (TPSA) is 81.8 Å². The molecule has 5 nitrogen and oxygen atoms in total. The Kier molecular flexibility index (Phi) is 4.14. The highest BCUT2D eigenvalue weighted by Crippen LogP contribution is 2.41. The fourth-order valence-corrected chi connectivity index (χ4v) is 2.30. The number of primary amides is 1. The van der Waals surface area contributed by atoms with E-state index in [1.165, 1.54) is 14.2 Å². The molecule has 0 saturated heterocycles. The summed E-state index contributed by atoms with van der Waals surface area (Å²) < 4.78 is 10.5. The molecule has 0 aromatic heterocycles. The summed E-state index contributed by atoms with van der Waals surface area (Å²) in [5.41, 5.74) is 3.98. The van der Waals surface area contributed by atoms with Gasteiger partial charge in [-0.3, -0.25) is 4.79 Å². The van der Waals surface area contributed by atoms with E-state index in [1.807, 2.05) is 0 Å². The van der Waals surface area contributed by atoms with Gasteiger partial charge in [0.2, 0.25) is 5.60 Å². The number of aliphatic hydroxyl groups is 1. The molecule has 2 rings (SSSR count). The van der Waals surface area contributed by atoms with Crippen LogP contribution in [0.4, 0.5) is 0 Å². The molecule has 0 aliphatic carbocycles. The first-order valence-corrected chi connectivity index (χ1v) is 6.35. The van der Waals surface area contributed by atoms with Gasteiger partial charge in [0.05, 0.1) is 19.8 Å². The van der Waals surface area contributed by atoms with E-state index in [4.69, 9.17) is 15.2 Å². The van der Waals surface area contributed by atoms with Crippen LogP contribution in [0.1, 0.15) is 11.1 Å². The Morgan fingerprint density at radius 3 is 1.95 bits per heavy atom. The Hall–Kier alpha value is -2.53. The second-order valence-corrected chi connectivity index (χ2v) is 4.48. The molecule has 3 N–H and O–H groups in total. The molecule has 0 fully saturated rings. The van der Waals surface area contributed by atoms with Gasteiger partial charge in [0.15, 0.2) is 0 Å². The van der Waals surface area contributed by atoms with Crippen LogP contribution in [-0.4, -0.2) is 25.2 Å². The third-order valence-electron chi connectivity index (χ3n) is 3.34. The van der Waals surface area contributed by atoms with Gasteiger partial charge in [0, 0.05) is 0 Å². The molecular weight excluding hydrogens is 270 g/mol. The van der Waals surface area contributed by atoms with E-state index < -0.39 is 11.5 Å².